The van der Waals surface area contributed by atoms with Gasteiger partial charge in [0.25, 0.3) is 5.56 Å². The molecule has 43 heavy (non-hydrogen) atoms. The van der Waals surface area contributed by atoms with Crippen molar-refractivity contribution in [3.8, 4) is 23.0 Å². The summed E-state index contributed by atoms with van der Waals surface area (Å²) in [6, 6.07) is 9.91. The van der Waals surface area contributed by atoms with Crippen LogP contribution >= 0.6 is 11.6 Å². The van der Waals surface area contributed by atoms with Crippen LogP contribution in [-0.2, 0) is 4.79 Å². The van der Waals surface area contributed by atoms with Gasteiger partial charge >= 0.3 is 0 Å². The van der Waals surface area contributed by atoms with Gasteiger partial charge in [0.2, 0.25) is 5.91 Å². The van der Waals surface area contributed by atoms with E-state index >= 15 is 4.39 Å². The summed E-state index contributed by atoms with van der Waals surface area (Å²) in [5, 5.41) is 11.0. The first-order valence-electron chi connectivity index (χ1n) is 14.0. The van der Waals surface area contributed by atoms with Gasteiger partial charge in [-0.05, 0) is 36.1 Å². The van der Waals surface area contributed by atoms with Gasteiger partial charge in [0.05, 0.1) is 33.5 Å². The molecule has 0 N–H and O–H groups in total. The minimum absolute atomic E-state index is 0.0965. The summed E-state index contributed by atoms with van der Waals surface area (Å²) in [6.07, 6.45) is 2.74. The molecular formula is C32H31ClFN7O2. The van der Waals surface area contributed by atoms with Crippen LogP contribution in [0.3, 0.4) is 0 Å². The predicted octanol–water partition coefficient (Wildman–Crippen LogP) is 5.59. The molecule has 0 saturated carbocycles. The predicted molar refractivity (Wildman–Crippen MR) is 165 cm³/mol. The molecule has 1 saturated heterocycles. The van der Waals surface area contributed by atoms with E-state index in [1.54, 1.807) is 29.2 Å². The number of nitriles is 1. The van der Waals surface area contributed by atoms with Crippen molar-refractivity contribution in [1.82, 2.24) is 24.4 Å². The minimum Gasteiger partial charge on any atom is -0.366 e. The monoisotopic (exact) mass is 599 g/mol. The SMILES string of the molecule is C=CC(=O)N1CCN(c2c(C#N)c(=O)n(-c3c(C(C)C)ncnc3C(C)C)c3nc(-c4ccccc4F)c(Cl)cc23)CC1. The molecule has 1 amide bonds. The summed E-state index contributed by atoms with van der Waals surface area (Å²) < 4.78 is 16.4. The van der Waals surface area contributed by atoms with Crippen molar-refractivity contribution in [3.63, 3.8) is 0 Å². The zero-order valence-electron chi connectivity index (χ0n) is 24.4. The molecule has 4 heterocycles. The molecule has 0 atom stereocenters. The fraction of sp³-hybridized carbons (Fsp3) is 0.312. The number of aromatic nitrogens is 4. The van der Waals surface area contributed by atoms with Gasteiger partial charge in [-0.25, -0.2) is 19.3 Å². The Morgan fingerprint density at radius 2 is 1.70 bits per heavy atom. The molecule has 0 unspecified atom stereocenters. The van der Waals surface area contributed by atoms with Gasteiger partial charge in [-0.2, -0.15) is 5.26 Å². The van der Waals surface area contributed by atoms with Gasteiger partial charge in [-0.15, -0.1) is 0 Å². The summed E-state index contributed by atoms with van der Waals surface area (Å²) >= 11 is 6.79. The molecule has 3 aromatic heterocycles. The number of pyridine rings is 2. The zero-order valence-corrected chi connectivity index (χ0v) is 25.2. The van der Waals surface area contributed by atoms with Crippen LogP contribution in [-0.4, -0.2) is 56.5 Å². The van der Waals surface area contributed by atoms with Crippen molar-refractivity contribution in [2.24, 2.45) is 0 Å². The smallest absolute Gasteiger partial charge is 0.276 e. The van der Waals surface area contributed by atoms with E-state index in [9.17, 15) is 14.9 Å². The second kappa shape index (κ2) is 11.9. The Bertz CT molecular complexity index is 1830. The number of hydrogen-bond donors (Lipinski definition) is 0. The van der Waals surface area contributed by atoms with Crippen molar-refractivity contribution >= 4 is 34.2 Å². The minimum atomic E-state index is -0.595. The molecular weight excluding hydrogens is 569 g/mol. The summed E-state index contributed by atoms with van der Waals surface area (Å²) in [6.45, 7) is 12.9. The van der Waals surface area contributed by atoms with Gasteiger partial charge in [0.1, 0.15) is 29.4 Å². The Labute approximate surface area is 253 Å². The fourth-order valence-electron chi connectivity index (χ4n) is 5.51. The molecule has 9 nitrogen and oxygen atoms in total. The van der Waals surface area contributed by atoms with E-state index in [0.717, 1.165) is 0 Å². The lowest BCUT2D eigenvalue weighted by Gasteiger charge is -2.36. The average molecular weight is 600 g/mol. The number of carbonyl (C=O) groups excluding carboxylic acids is 1. The van der Waals surface area contributed by atoms with Crippen molar-refractivity contribution < 1.29 is 9.18 Å². The Hall–Kier alpha value is -4.62. The second-order valence-corrected chi connectivity index (χ2v) is 11.4. The third kappa shape index (κ3) is 5.25. The number of halogens is 2. The lowest BCUT2D eigenvalue weighted by atomic mass is 10.00. The number of hydrogen-bond acceptors (Lipinski definition) is 7. The van der Waals surface area contributed by atoms with E-state index in [1.807, 2.05) is 32.6 Å². The number of benzene rings is 1. The highest BCUT2D eigenvalue weighted by Crippen LogP contribution is 2.38. The maximum atomic E-state index is 15.0. The normalized spacial score (nSPS) is 13.6. The number of carbonyl (C=O) groups is 1. The van der Waals surface area contributed by atoms with Crippen LogP contribution in [0, 0.1) is 17.1 Å². The van der Waals surface area contributed by atoms with Crippen LogP contribution in [0.15, 0.2) is 54.1 Å². The summed E-state index contributed by atoms with van der Waals surface area (Å²) in [4.78, 5) is 44.2. The Morgan fingerprint density at radius 3 is 2.26 bits per heavy atom. The molecule has 5 rings (SSSR count). The van der Waals surface area contributed by atoms with Crippen LogP contribution < -0.4 is 10.5 Å². The lowest BCUT2D eigenvalue weighted by Crippen LogP contribution is -2.49. The van der Waals surface area contributed by atoms with E-state index in [2.05, 4.69) is 22.6 Å². The molecule has 0 radical (unpaired) electrons. The lowest BCUT2D eigenvalue weighted by molar-refractivity contribution is -0.126. The molecule has 0 spiro atoms. The Morgan fingerprint density at radius 1 is 1.07 bits per heavy atom. The standard InChI is InChI=1S/C32H31ClFN7O2/c1-6-25(42)39-11-13-40(14-12-39)29-21-15-23(33)28(20-9-7-8-10-24(20)34)38-31(21)41(32(43)22(29)16-35)30-26(18(2)3)36-17-37-27(30)19(4)5/h6-10,15,17-19H,1,11-14H2,2-5H3. The number of nitrogens with zero attached hydrogens (tertiary/aromatic N) is 7. The van der Waals surface area contributed by atoms with Gasteiger partial charge in [0.15, 0.2) is 0 Å². The molecule has 0 bridgehead atoms. The average Bonchev–Trinajstić information content (AvgIpc) is 3.00. The van der Waals surface area contributed by atoms with Crippen LogP contribution in [0.5, 0.6) is 0 Å². The number of amides is 1. The van der Waals surface area contributed by atoms with E-state index in [-0.39, 0.29) is 45.2 Å². The third-order valence-corrected chi connectivity index (χ3v) is 7.88. The van der Waals surface area contributed by atoms with Crippen LogP contribution in [0.1, 0.15) is 56.5 Å². The molecule has 1 aliphatic rings. The maximum absolute atomic E-state index is 15.0. The van der Waals surface area contributed by atoms with Crippen molar-refractivity contribution in [2.45, 2.75) is 39.5 Å². The van der Waals surface area contributed by atoms with Crippen molar-refractivity contribution in [1.29, 1.82) is 5.26 Å². The maximum Gasteiger partial charge on any atom is 0.276 e. The Balaban J connectivity index is 1.91. The third-order valence-electron chi connectivity index (χ3n) is 7.60. The van der Waals surface area contributed by atoms with Crippen LogP contribution in [0.2, 0.25) is 5.02 Å². The summed E-state index contributed by atoms with van der Waals surface area (Å²) in [5.74, 6) is -0.907. The van der Waals surface area contributed by atoms with Gasteiger partial charge in [-0.1, -0.05) is 58.0 Å². The van der Waals surface area contributed by atoms with E-state index in [1.165, 1.54) is 23.0 Å². The number of piperazine rings is 1. The van der Waals surface area contributed by atoms with Crippen molar-refractivity contribution in [2.75, 3.05) is 31.1 Å². The summed E-state index contributed by atoms with van der Waals surface area (Å²) in [5.41, 5.74) is 1.88. The number of fused-ring (bicyclic) bond motifs is 1. The fourth-order valence-corrected chi connectivity index (χ4v) is 5.76. The molecule has 220 valence electrons. The summed E-state index contributed by atoms with van der Waals surface area (Å²) in [7, 11) is 0. The largest absolute Gasteiger partial charge is 0.366 e. The zero-order chi connectivity index (χ0) is 31.0. The molecule has 1 fully saturated rings. The number of anilines is 1. The van der Waals surface area contributed by atoms with Gasteiger partial charge < -0.3 is 9.80 Å². The first-order valence-corrected chi connectivity index (χ1v) is 14.4. The highest BCUT2D eigenvalue weighted by atomic mass is 35.5. The number of rotatable bonds is 6. The van der Waals surface area contributed by atoms with Crippen LogP contribution in [0.25, 0.3) is 28.0 Å². The first kappa shape index (κ1) is 29.9. The topological polar surface area (TPSA) is 108 Å². The highest BCUT2D eigenvalue weighted by Gasteiger charge is 2.30. The van der Waals surface area contributed by atoms with Crippen LogP contribution in [0.4, 0.5) is 10.1 Å². The van der Waals surface area contributed by atoms with Crippen molar-refractivity contribution in [3.05, 3.63) is 87.5 Å². The van der Waals surface area contributed by atoms with Gasteiger partial charge in [-0.3, -0.25) is 14.2 Å². The van der Waals surface area contributed by atoms with E-state index in [4.69, 9.17) is 16.6 Å². The highest BCUT2D eigenvalue weighted by molar-refractivity contribution is 6.34. The van der Waals surface area contributed by atoms with E-state index in [0.29, 0.717) is 54.3 Å². The van der Waals surface area contributed by atoms with E-state index < -0.39 is 11.4 Å². The molecule has 1 aromatic carbocycles. The molecule has 11 heteroatoms. The molecule has 0 aliphatic carbocycles. The molecule has 1 aliphatic heterocycles. The quantitative estimate of drug-likeness (QED) is 0.266. The molecule has 4 aromatic rings. The van der Waals surface area contributed by atoms with Gasteiger partial charge in [0, 0.05) is 37.1 Å². The Kier molecular flexibility index (Phi) is 8.29. The first-order chi connectivity index (χ1) is 20.6. The second-order valence-electron chi connectivity index (χ2n) is 11.0.